The van der Waals surface area contributed by atoms with Gasteiger partial charge in [-0.1, -0.05) is 6.07 Å². The van der Waals surface area contributed by atoms with Gasteiger partial charge in [-0.15, -0.1) is 0 Å². The second-order valence-corrected chi connectivity index (χ2v) is 6.51. The van der Waals surface area contributed by atoms with Gasteiger partial charge in [-0.2, -0.15) is 0 Å². The molecule has 0 unspecified atom stereocenters. The van der Waals surface area contributed by atoms with Crippen LogP contribution < -0.4 is 29.0 Å². The van der Waals surface area contributed by atoms with Crippen molar-refractivity contribution < 1.29 is 28.5 Å². The average molecular weight is 424 g/mol. The lowest BCUT2D eigenvalue weighted by Crippen LogP contribution is -2.12. The molecule has 0 saturated carbocycles. The molecule has 0 spiro atoms. The number of rotatable bonds is 8. The molecule has 0 bridgehead atoms. The lowest BCUT2D eigenvalue weighted by molar-refractivity contribution is 0.102. The van der Waals surface area contributed by atoms with E-state index in [4.69, 9.17) is 23.7 Å². The van der Waals surface area contributed by atoms with Crippen molar-refractivity contribution in [3.8, 4) is 34.6 Å². The van der Waals surface area contributed by atoms with E-state index in [1.165, 1.54) is 27.5 Å². The molecule has 0 aliphatic carbocycles. The van der Waals surface area contributed by atoms with Crippen molar-refractivity contribution >= 4 is 11.6 Å². The molecule has 0 atom stereocenters. The number of benzene rings is 2. The van der Waals surface area contributed by atoms with Gasteiger partial charge in [0.2, 0.25) is 11.6 Å². The summed E-state index contributed by atoms with van der Waals surface area (Å²) in [6.07, 6.45) is 1.51. The van der Waals surface area contributed by atoms with E-state index in [0.717, 1.165) is 5.56 Å². The number of hydrogen-bond donors (Lipinski definition) is 1. The fraction of sp³-hybridized carbons (Fsp3) is 0.217. The highest BCUT2D eigenvalue weighted by Gasteiger charge is 2.17. The van der Waals surface area contributed by atoms with E-state index in [9.17, 15) is 4.79 Å². The summed E-state index contributed by atoms with van der Waals surface area (Å²) in [6, 6.07) is 12.1. The lowest BCUT2D eigenvalue weighted by atomic mass is 10.1. The number of carbonyl (C=O) groups excluding carboxylic acids is 1. The molecule has 1 heterocycles. The number of carbonyl (C=O) groups is 1. The zero-order valence-corrected chi connectivity index (χ0v) is 18.0. The molecule has 1 N–H and O–H groups in total. The Kier molecular flexibility index (Phi) is 6.81. The number of anilines is 1. The molecular formula is C23H24N2O6. The molecule has 31 heavy (non-hydrogen) atoms. The Morgan fingerprint density at radius 1 is 0.806 bits per heavy atom. The zero-order chi connectivity index (χ0) is 22.4. The van der Waals surface area contributed by atoms with Gasteiger partial charge in [0.05, 0.1) is 40.3 Å². The van der Waals surface area contributed by atoms with Crippen LogP contribution in [0.2, 0.25) is 0 Å². The van der Waals surface area contributed by atoms with Crippen LogP contribution in [0.4, 0.5) is 5.69 Å². The van der Waals surface area contributed by atoms with Gasteiger partial charge in [-0.3, -0.25) is 4.79 Å². The Morgan fingerprint density at radius 3 is 2.03 bits per heavy atom. The van der Waals surface area contributed by atoms with Gasteiger partial charge < -0.3 is 29.0 Å². The molecular weight excluding hydrogens is 400 g/mol. The monoisotopic (exact) mass is 424 g/mol. The van der Waals surface area contributed by atoms with Gasteiger partial charge in [0.15, 0.2) is 23.0 Å². The van der Waals surface area contributed by atoms with Crippen LogP contribution >= 0.6 is 0 Å². The number of pyridine rings is 1. The Balaban J connectivity index is 1.75. The van der Waals surface area contributed by atoms with Gasteiger partial charge in [0.25, 0.3) is 5.91 Å². The minimum atomic E-state index is -0.352. The van der Waals surface area contributed by atoms with Crippen LogP contribution in [-0.4, -0.2) is 39.3 Å². The molecule has 162 valence electrons. The molecule has 0 saturated heterocycles. The largest absolute Gasteiger partial charge is 0.493 e. The summed E-state index contributed by atoms with van der Waals surface area (Å²) >= 11 is 0. The number of methoxy groups -OCH3 is 4. The predicted molar refractivity (Wildman–Crippen MR) is 116 cm³/mol. The fourth-order valence-corrected chi connectivity index (χ4v) is 2.90. The summed E-state index contributed by atoms with van der Waals surface area (Å²) in [7, 11) is 6.06. The first-order valence-corrected chi connectivity index (χ1v) is 9.39. The first-order valence-electron chi connectivity index (χ1n) is 9.39. The van der Waals surface area contributed by atoms with E-state index in [0.29, 0.717) is 45.9 Å². The summed E-state index contributed by atoms with van der Waals surface area (Å²) in [4.78, 5) is 17.0. The molecule has 8 heteroatoms. The van der Waals surface area contributed by atoms with Crippen LogP contribution in [0.15, 0.2) is 48.7 Å². The molecule has 1 aromatic heterocycles. The van der Waals surface area contributed by atoms with E-state index < -0.39 is 0 Å². The Bertz CT molecular complexity index is 1040. The number of amides is 1. The van der Waals surface area contributed by atoms with Crippen LogP contribution in [0.5, 0.6) is 34.6 Å². The van der Waals surface area contributed by atoms with Crippen molar-refractivity contribution in [2.24, 2.45) is 0 Å². The van der Waals surface area contributed by atoms with E-state index in [2.05, 4.69) is 10.3 Å². The van der Waals surface area contributed by atoms with E-state index >= 15 is 0 Å². The SMILES string of the molecule is COc1cc(C)ccc1Oc1ccc(NC(=O)c2cc(OC)c(OC)c(OC)c2)cn1. The smallest absolute Gasteiger partial charge is 0.255 e. The molecule has 1 amide bonds. The molecule has 3 aromatic rings. The highest BCUT2D eigenvalue weighted by atomic mass is 16.5. The molecule has 3 rings (SSSR count). The summed E-state index contributed by atoms with van der Waals surface area (Å²) < 4.78 is 27.0. The maximum atomic E-state index is 12.7. The highest BCUT2D eigenvalue weighted by molar-refractivity contribution is 6.05. The molecule has 0 aliphatic rings. The van der Waals surface area contributed by atoms with Gasteiger partial charge in [0.1, 0.15) is 0 Å². The van der Waals surface area contributed by atoms with Crippen LogP contribution in [0.3, 0.4) is 0 Å². The van der Waals surface area contributed by atoms with Crippen molar-refractivity contribution in [3.05, 3.63) is 59.8 Å². The Hall–Kier alpha value is -3.94. The van der Waals surface area contributed by atoms with Crippen LogP contribution in [0.25, 0.3) is 0 Å². The quantitative estimate of drug-likeness (QED) is 0.571. The van der Waals surface area contributed by atoms with Crippen molar-refractivity contribution in [3.63, 3.8) is 0 Å². The second kappa shape index (κ2) is 9.71. The third-order valence-corrected chi connectivity index (χ3v) is 4.45. The van der Waals surface area contributed by atoms with Crippen molar-refractivity contribution in [1.29, 1.82) is 0 Å². The summed E-state index contributed by atoms with van der Waals surface area (Å²) in [6.45, 7) is 1.97. The van der Waals surface area contributed by atoms with Crippen molar-refractivity contribution in [2.75, 3.05) is 33.8 Å². The number of aromatic nitrogens is 1. The minimum absolute atomic E-state index is 0.346. The van der Waals surface area contributed by atoms with Gasteiger partial charge in [0, 0.05) is 11.6 Å². The lowest BCUT2D eigenvalue weighted by Gasteiger charge is -2.14. The second-order valence-electron chi connectivity index (χ2n) is 6.51. The van der Waals surface area contributed by atoms with Gasteiger partial charge >= 0.3 is 0 Å². The Morgan fingerprint density at radius 2 is 1.48 bits per heavy atom. The normalized spacial score (nSPS) is 10.2. The standard InChI is InChI=1S/C23H24N2O6/c1-14-6-8-17(18(10-14)27-2)31-21-9-7-16(13-24-21)25-23(26)15-11-19(28-3)22(30-5)20(12-15)29-4/h6-13H,1-5H3,(H,25,26). The van der Waals surface area contributed by atoms with Gasteiger partial charge in [-0.05, 0) is 42.8 Å². The van der Waals surface area contributed by atoms with E-state index in [-0.39, 0.29) is 5.91 Å². The molecule has 0 radical (unpaired) electrons. The first-order chi connectivity index (χ1) is 15.0. The zero-order valence-electron chi connectivity index (χ0n) is 18.0. The maximum absolute atomic E-state index is 12.7. The molecule has 8 nitrogen and oxygen atoms in total. The van der Waals surface area contributed by atoms with E-state index in [1.807, 2.05) is 25.1 Å². The number of aryl methyl sites for hydroxylation is 1. The number of nitrogens with zero attached hydrogens (tertiary/aromatic N) is 1. The van der Waals surface area contributed by atoms with Gasteiger partial charge in [-0.25, -0.2) is 4.98 Å². The van der Waals surface area contributed by atoms with Crippen LogP contribution in [-0.2, 0) is 0 Å². The number of ether oxygens (including phenoxy) is 5. The minimum Gasteiger partial charge on any atom is -0.493 e. The fourth-order valence-electron chi connectivity index (χ4n) is 2.90. The molecule has 0 fully saturated rings. The predicted octanol–water partition coefficient (Wildman–Crippen LogP) is 4.47. The average Bonchev–Trinajstić information content (AvgIpc) is 2.80. The van der Waals surface area contributed by atoms with Crippen molar-refractivity contribution in [1.82, 2.24) is 4.98 Å². The summed E-state index contributed by atoms with van der Waals surface area (Å²) in [5, 5.41) is 2.79. The van der Waals surface area contributed by atoms with Crippen molar-refractivity contribution in [2.45, 2.75) is 6.92 Å². The number of hydrogen-bond acceptors (Lipinski definition) is 7. The third-order valence-electron chi connectivity index (χ3n) is 4.45. The van der Waals surface area contributed by atoms with Crippen LogP contribution in [0, 0.1) is 6.92 Å². The van der Waals surface area contributed by atoms with E-state index in [1.54, 1.807) is 31.4 Å². The van der Waals surface area contributed by atoms with Crippen LogP contribution in [0.1, 0.15) is 15.9 Å². The topological polar surface area (TPSA) is 88.1 Å². The Labute approximate surface area is 180 Å². The summed E-state index contributed by atoms with van der Waals surface area (Å²) in [5.41, 5.74) is 1.91. The maximum Gasteiger partial charge on any atom is 0.255 e. The molecule has 0 aliphatic heterocycles. The highest BCUT2D eigenvalue weighted by Crippen LogP contribution is 2.38. The first kappa shape index (κ1) is 21.8. The summed E-state index contributed by atoms with van der Waals surface area (Å²) in [5.74, 6) is 2.37. The number of nitrogens with one attached hydrogen (secondary N) is 1. The third kappa shape index (κ3) is 4.98. The molecule has 2 aromatic carbocycles.